The maximum Gasteiger partial charge on any atom is 0.276 e. The van der Waals surface area contributed by atoms with Gasteiger partial charge in [-0.2, -0.15) is 12.7 Å². The molecule has 4 nitrogen and oxygen atoms in total. The van der Waals surface area contributed by atoms with Crippen molar-refractivity contribution >= 4 is 10.2 Å². The van der Waals surface area contributed by atoms with Crippen LogP contribution in [0.25, 0.3) is 0 Å². The molecule has 0 spiro atoms. The molecule has 0 atom stereocenters. The molecular formula is C7H16N2O2S. The average Bonchev–Trinajstić information content (AvgIpc) is 2.37. The molecule has 0 radical (unpaired) electrons. The normalized spacial score (nSPS) is 20.6. The monoisotopic (exact) mass is 192 g/mol. The summed E-state index contributed by atoms with van der Waals surface area (Å²) in [5.41, 5.74) is 0. The zero-order chi connectivity index (χ0) is 9.19. The smallest absolute Gasteiger partial charge is 0.216 e. The third-order valence-corrected chi connectivity index (χ3v) is 3.44. The third kappa shape index (κ3) is 2.73. The lowest BCUT2D eigenvalue weighted by atomic mass is 10.1. The molecule has 1 fully saturated rings. The molecule has 0 aliphatic heterocycles. The quantitative estimate of drug-likeness (QED) is 0.699. The van der Waals surface area contributed by atoms with Crippen LogP contribution < -0.4 is 5.14 Å². The van der Waals surface area contributed by atoms with Gasteiger partial charge in [-0.15, -0.1) is 0 Å². The summed E-state index contributed by atoms with van der Waals surface area (Å²) in [7, 11) is -1.92. The maximum atomic E-state index is 10.8. The predicted molar refractivity (Wildman–Crippen MR) is 47.7 cm³/mol. The molecule has 0 amide bonds. The minimum absolute atomic E-state index is 0.522. The Kier molecular flexibility index (Phi) is 3.09. The Morgan fingerprint density at radius 1 is 1.42 bits per heavy atom. The minimum Gasteiger partial charge on any atom is -0.216 e. The zero-order valence-corrected chi connectivity index (χ0v) is 8.18. The Morgan fingerprint density at radius 2 is 1.92 bits per heavy atom. The molecule has 0 unspecified atom stereocenters. The molecule has 0 bridgehead atoms. The average molecular weight is 192 g/mol. The van der Waals surface area contributed by atoms with E-state index in [0.29, 0.717) is 12.5 Å². The lowest BCUT2D eigenvalue weighted by Gasteiger charge is -2.17. The largest absolute Gasteiger partial charge is 0.276 e. The number of rotatable bonds is 3. The van der Waals surface area contributed by atoms with Gasteiger partial charge in [0.05, 0.1) is 0 Å². The van der Waals surface area contributed by atoms with E-state index in [0.717, 1.165) is 12.8 Å². The highest BCUT2D eigenvalue weighted by atomic mass is 32.2. The van der Waals surface area contributed by atoms with Crippen molar-refractivity contribution in [1.29, 1.82) is 0 Å². The molecule has 72 valence electrons. The molecule has 0 aromatic heterocycles. The second-order valence-corrected chi connectivity index (χ2v) is 5.13. The van der Waals surface area contributed by atoms with Gasteiger partial charge in [0, 0.05) is 13.6 Å². The van der Waals surface area contributed by atoms with Crippen LogP contribution in [0.5, 0.6) is 0 Å². The molecule has 0 saturated heterocycles. The summed E-state index contributed by atoms with van der Waals surface area (Å²) in [5, 5.41) is 4.96. The third-order valence-electron chi connectivity index (χ3n) is 2.42. The van der Waals surface area contributed by atoms with Crippen LogP contribution in [-0.2, 0) is 10.2 Å². The lowest BCUT2D eigenvalue weighted by Crippen LogP contribution is -2.36. The predicted octanol–water partition coefficient (Wildman–Crippen LogP) is 0.312. The Balaban J connectivity index is 2.40. The minimum atomic E-state index is -3.46. The van der Waals surface area contributed by atoms with Gasteiger partial charge >= 0.3 is 0 Å². The highest BCUT2D eigenvalue weighted by molar-refractivity contribution is 7.86. The van der Waals surface area contributed by atoms with Crippen LogP contribution in [0.2, 0.25) is 0 Å². The molecule has 1 aliphatic carbocycles. The Morgan fingerprint density at radius 3 is 2.33 bits per heavy atom. The number of nitrogens with two attached hydrogens (primary N) is 1. The molecule has 1 saturated carbocycles. The molecule has 12 heavy (non-hydrogen) atoms. The first-order valence-corrected chi connectivity index (χ1v) is 5.74. The van der Waals surface area contributed by atoms with Gasteiger partial charge in [-0.05, 0) is 18.8 Å². The molecular weight excluding hydrogens is 176 g/mol. The highest BCUT2D eigenvalue weighted by Gasteiger charge is 2.20. The van der Waals surface area contributed by atoms with Crippen LogP contribution in [0.15, 0.2) is 0 Å². The van der Waals surface area contributed by atoms with Crippen molar-refractivity contribution in [2.24, 2.45) is 11.1 Å². The number of hydrogen-bond acceptors (Lipinski definition) is 2. The summed E-state index contributed by atoms with van der Waals surface area (Å²) < 4.78 is 22.9. The first-order chi connectivity index (χ1) is 5.50. The van der Waals surface area contributed by atoms with Gasteiger partial charge in [0.15, 0.2) is 0 Å². The Labute approximate surface area is 73.9 Å². The molecule has 1 rings (SSSR count). The fourth-order valence-electron chi connectivity index (χ4n) is 1.66. The van der Waals surface area contributed by atoms with E-state index >= 15 is 0 Å². The summed E-state index contributed by atoms with van der Waals surface area (Å²) in [6, 6.07) is 0. The summed E-state index contributed by atoms with van der Waals surface area (Å²) in [5.74, 6) is 0.522. The topological polar surface area (TPSA) is 63.4 Å². The summed E-state index contributed by atoms with van der Waals surface area (Å²) in [6.07, 6.45) is 4.73. The van der Waals surface area contributed by atoms with Crippen LogP contribution in [-0.4, -0.2) is 26.3 Å². The van der Waals surface area contributed by atoms with Crippen LogP contribution >= 0.6 is 0 Å². The Hall–Kier alpha value is -0.130. The van der Waals surface area contributed by atoms with Gasteiger partial charge in [-0.25, -0.2) is 5.14 Å². The molecule has 5 heteroatoms. The van der Waals surface area contributed by atoms with Crippen molar-refractivity contribution in [2.75, 3.05) is 13.6 Å². The van der Waals surface area contributed by atoms with E-state index in [9.17, 15) is 8.42 Å². The fraction of sp³-hybridized carbons (Fsp3) is 1.00. The second-order valence-electron chi connectivity index (χ2n) is 3.48. The second kappa shape index (κ2) is 3.72. The van der Waals surface area contributed by atoms with Crippen LogP contribution in [0, 0.1) is 5.92 Å². The van der Waals surface area contributed by atoms with Crippen molar-refractivity contribution in [1.82, 2.24) is 4.31 Å². The van der Waals surface area contributed by atoms with E-state index in [2.05, 4.69) is 0 Å². The SMILES string of the molecule is CN(CC1CCCC1)S(N)(=O)=O. The van der Waals surface area contributed by atoms with Gasteiger partial charge in [0.25, 0.3) is 10.2 Å². The fourth-order valence-corrected chi connectivity index (χ4v) is 2.08. The number of hydrogen-bond donors (Lipinski definition) is 1. The summed E-state index contributed by atoms with van der Waals surface area (Å²) >= 11 is 0. The first kappa shape index (κ1) is 9.95. The van der Waals surface area contributed by atoms with Crippen molar-refractivity contribution in [2.45, 2.75) is 25.7 Å². The van der Waals surface area contributed by atoms with E-state index in [1.165, 1.54) is 24.2 Å². The lowest BCUT2D eigenvalue weighted by molar-refractivity contribution is 0.388. The van der Waals surface area contributed by atoms with Gasteiger partial charge in [-0.3, -0.25) is 0 Å². The number of nitrogens with zero attached hydrogens (tertiary/aromatic N) is 1. The van der Waals surface area contributed by atoms with Crippen molar-refractivity contribution < 1.29 is 8.42 Å². The first-order valence-electron chi connectivity index (χ1n) is 4.24. The summed E-state index contributed by atoms with van der Waals surface area (Å²) in [6.45, 7) is 0.582. The molecule has 0 heterocycles. The Bertz CT molecular complexity index is 232. The van der Waals surface area contributed by atoms with E-state index in [-0.39, 0.29) is 0 Å². The molecule has 0 aromatic rings. The van der Waals surface area contributed by atoms with E-state index in [1.54, 1.807) is 0 Å². The van der Waals surface area contributed by atoms with E-state index in [1.807, 2.05) is 0 Å². The van der Waals surface area contributed by atoms with Crippen molar-refractivity contribution in [3.8, 4) is 0 Å². The van der Waals surface area contributed by atoms with Gasteiger partial charge < -0.3 is 0 Å². The summed E-state index contributed by atoms with van der Waals surface area (Å²) in [4.78, 5) is 0. The van der Waals surface area contributed by atoms with Crippen LogP contribution in [0.1, 0.15) is 25.7 Å². The molecule has 0 aromatic carbocycles. The van der Waals surface area contributed by atoms with E-state index in [4.69, 9.17) is 5.14 Å². The van der Waals surface area contributed by atoms with Gasteiger partial charge in [0.2, 0.25) is 0 Å². The van der Waals surface area contributed by atoms with Gasteiger partial charge in [-0.1, -0.05) is 12.8 Å². The van der Waals surface area contributed by atoms with Crippen molar-refractivity contribution in [3.63, 3.8) is 0 Å². The standard InChI is InChI=1S/C7H16N2O2S/c1-9(12(8,10)11)6-7-4-2-3-5-7/h7H,2-6H2,1H3,(H2,8,10,11). The van der Waals surface area contributed by atoms with Crippen LogP contribution in [0.3, 0.4) is 0 Å². The van der Waals surface area contributed by atoms with E-state index < -0.39 is 10.2 Å². The van der Waals surface area contributed by atoms with Crippen molar-refractivity contribution in [3.05, 3.63) is 0 Å². The maximum absolute atomic E-state index is 10.8. The highest BCUT2D eigenvalue weighted by Crippen LogP contribution is 2.25. The van der Waals surface area contributed by atoms with Crippen LogP contribution in [0.4, 0.5) is 0 Å². The molecule has 1 aliphatic rings. The zero-order valence-electron chi connectivity index (χ0n) is 7.36. The molecule has 2 N–H and O–H groups in total. The van der Waals surface area contributed by atoms with Gasteiger partial charge in [0.1, 0.15) is 0 Å².